The number of amides is 1. The number of nitrogens with zero attached hydrogens (tertiary/aromatic N) is 1. The molecule has 0 aliphatic rings. The van der Waals surface area contributed by atoms with Crippen LogP contribution in [0.3, 0.4) is 0 Å². The zero-order valence-electron chi connectivity index (χ0n) is 11.2. The number of carbonyl (C=O) groups excluding carboxylic acids is 1. The Morgan fingerprint density at radius 3 is 2.63 bits per heavy atom. The third-order valence-electron chi connectivity index (χ3n) is 2.46. The Hall–Kier alpha value is -0.430. The molecule has 1 aromatic carbocycles. The minimum atomic E-state index is -0.961. The van der Waals surface area contributed by atoms with Gasteiger partial charge in [-0.05, 0) is 55.1 Å². The maximum atomic E-state index is 12.1. The van der Waals surface area contributed by atoms with Crippen LogP contribution in [0.5, 0.6) is 0 Å². The van der Waals surface area contributed by atoms with Gasteiger partial charge in [0.25, 0.3) is 5.91 Å². The van der Waals surface area contributed by atoms with Crippen LogP contribution in [0.25, 0.3) is 0 Å². The Labute approximate surface area is 130 Å². The minimum Gasteiger partial charge on any atom is -0.387 e. The minimum absolute atomic E-state index is 0.197. The quantitative estimate of drug-likeness (QED) is 0.806. The van der Waals surface area contributed by atoms with E-state index in [1.165, 1.54) is 0 Å². The highest BCUT2D eigenvalue weighted by Crippen LogP contribution is 2.21. The number of benzene rings is 1. The smallest absolute Gasteiger partial charge is 0.252 e. The SMILES string of the molecule is CN(C)CC(C)(O)CNC(=O)c1cc(Br)ccc1Br. The molecule has 6 heteroatoms. The highest BCUT2D eigenvalue weighted by atomic mass is 79.9. The molecule has 1 unspecified atom stereocenters. The van der Waals surface area contributed by atoms with Crippen LogP contribution in [0.4, 0.5) is 0 Å². The topological polar surface area (TPSA) is 52.6 Å². The monoisotopic (exact) mass is 392 g/mol. The van der Waals surface area contributed by atoms with Gasteiger partial charge in [-0.2, -0.15) is 0 Å². The first-order valence-corrected chi connectivity index (χ1v) is 7.40. The summed E-state index contributed by atoms with van der Waals surface area (Å²) in [6.07, 6.45) is 0. The second kappa shape index (κ2) is 6.83. The van der Waals surface area contributed by atoms with E-state index < -0.39 is 5.60 Å². The molecule has 0 saturated carbocycles. The number of hydrogen-bond donors (Lipinski definition) is 2. The molecule has 2 N–H and O–H groups in total. The Bertz CT molecular complexity index is 462. The number of nitrogens with one attached hydrogen (secondary N) is 1. The fraction of sp³-hybridized carbons (Fsp3) is 0.462. The van der Waals surface area contributed by atoms with Crippen molar-refractivity contribution in [2.45, 2.75) is 12.5 Å². The van der Waals surface area contributed by atoms with Crippen molar-refractivity contribution >= 4 is 37.8 Å². The van der Waals surface area contributed by atoms with E-state index in [-0.39, 0.29) is 12.5 Å². The van der Waals surface area contributed by atoms with Crippen molar-refractivity contribution in [3.05, 3.63) is 32.7 Å². The van der Waals surface area contributed by atoms with Gasteiger partial charge in [-0.25, -0.2) is 0 Å². The number of hydrogen-bond acceptors (Lipinski definition) is 3. The molecule has 0 aliphatic heterocycles. The van der Waals surface area contributed by atoms with Crippen LogP contribution in [0.2, 0.25) is 0 Å². The second-order valence-corrected chi connectivity index (χ2v) is 6.81. The van der Waals surface area contributed by atoms with Gasteiger partial charge in [-0.15, -0.1) is 0 Å². The van der Waals surface area contributed by atoms with E-state index in [0.29, 0.717) is 12.1 Å². The number of aliphatic hydroxyl groups is 1. The molecule has 1 atom stereocenters. The summed E-state index contributed by atoms with van der Waals surface area (Å²) < 4.78 is 1.56. The maximum Gasteiger partial charge on any atom is 0.252 e. The van der Waals surface area contributed by atoms with Crippen molar-refractivity contribution in [2.24, 2.45) is 0 Å². The van der Waals surface area contributed by atoms with Crippen LogP contribution < -0.4 is 5.32 Å². The molecule has 1 rings (SSSR count). The molecule has 0 bridgehead atoms. The zero-order valence-corrected chi connectivity index (χ0v) is 14.4. The van der Waals surface area contributed by atoms with Gasteiger partial charge in [0.2, 0.25) is 0 Å². The number of rotatable bonds is 5. The molecule has 0 fully saturated rings. The largest absolute Gasteiger partial charge is 0.387 e. The lowest BCUT2D eigenvalue weighted by Gasteiger charge is -2.27. The lowest BCUT2D eigenvalue weighted by molar-refractivity contribution is 0.0326. The molecule has 0 saturated heterocycles. The summed E-state index contributed by atoms with van der Waals surface area (Å²) >= 11 is 6.67. The van der Waals surface area contributed by atoms with Gasteiger partial charge in [0.1, 0.15) is 0 Å². The highest BCUT2D eigenvalue weighted by molar-refractivity contribution is 9.11. The zero-order chi connectivity index (χ0) is 14.6. The predicted octanol–water partition coefficient (Wildman–Crippen LogP) is 2.25. The summed E-state index contributed by atoms with van der Waals surface area (Å²) in [5.74, 6) is -0.216. The molecular formula is C13H18Br2N2O2. The van der Waals surface area contributed by atoms with Gasteiger partial charge in [-0.3, -0.25) is 4.79 Å². The van der Waals surface area contributed by atoms with Crippen molar-refractivity contribution in [1.82, 2.24) is 10.2 Å². The lowest BCUT2D eigenvalue weighted by Crippen LogP contribution is -2.47. The molecule has 0 aliphatic carbocycles. The Morgan fingerprint density at radius 2 is 2.05 bits per heavy atom. The average Bonchev–Trinajstić information content (AvgIpc) is 2.27. The van der Waals surface area contributed by atoms with Crippen molar-refractivity contribution < 1.29 is 9.90 Å². The highest BCUT2D eigenvalue weighted by Gasteiger charge is 2.22. The summed E-state index contributed by atoms with van der Waals surface area (Å²) in [4.78, 5) is 13.9. The van der Waals surface area contributed by atoms with Crippen molar-refractivity contribution in [1.29, 1.82) is 0 Å². The van der Waals surface area contributed by atoms with Crippen LogP contribution in [-0.4, -0.2) is 48.7 Å². The van der Waals surface area contributed by atoms with E-state index >= 15 is 0 Å². The molecule has 0 radical (unpaired) electrons. The van der Waals surface area contributed by atoms with E-state index in [1.54, 1.807) is 19.1 Å². The molecule has 0 heterocycles. The van der Waals surface area contributed by atoms with E-state index in [0.717, 1.165) is 8.95 Å². The summed E-state index contributed by atoms with van der Waals surface area (Å²) in [6, 6.07) is 5.39. The van der Waals surface area contributed by atoms with Gasteiger partial charge in [0.05, 0.1) is 11.2 Å². The van der Waals surface area contributed by atoms with Gasteiger partial charge >= 0.3 is 0 Å². The molecule has 106 valence electrons. The number of halogens is 2. The first kappa shape index (κ1) is 16.6. The average molecular weight is 394 g/mol. The van der Waals surface area contributed by atoms with E-state index in [4.69, 9.17) is 0 Å². The van der Waals surface area contributed by atoms with Crippen LogP contribution in [0, 0.1) is 0 Å². The van der Waals surface area contributed by atoms with Crippen LogP contribution in [-0.2, 0) is 0 Å². The molecule has 1 aromatic rings. The Balaban J connectivity index is 2.68. The molecule has 4 nitrogen and oxygen atoms in total. The molecule has 0 spiro atoms. The van der Waals surface area contributed by atoms with Crippen LogP contribution >= 0.6 is 31.9 Å². The standard InChI is InChI=1S/C13H18Br2N2O2/c1-13(19,8-17(2)3)7-16-12(18)10-6-9(14)4-5-11(10)15/h4-6,19H,7-8H2,1-3H3,(H,16,18). The fourth-order valence-electron chi connectivity index (χ4n) is 1.77. The first-order chi connectivity index (χ1) is 8.71. The summed E-state index contributed by atoms with van der Waals surface area (Å²) in [6.45, 7) is 2.37. The second-order valence-electron chi connectivity index (χ2n) is 5.04. The Morgan fingerprint density at radius 1 is 1.42 bits per heavy atom. The third kappa shape index (κ3) is 5.60. The summed E-state index contributed by atoms with van der Waals surface area (Å²) in [5.41, 5.74) is -0.424. The van der Waals surface area contributed by atoms with E-state index in [9.17, 15) is 9.90 Å². The van der Waals surface area contributed by atoms with Crippen molar-refractivity contribution in [3.63, 3.8) is 0 Å². The predicted molar refractivity (Wildman–Crippen MR) is 83.4 cm³/mol. The maximum absolute atomic E-state index is 12.1. The van der Waals surface area contributed by atoms with Crippen LogP contribution in [0.1, 0.15) is 17.3 Å². The van der Waals surface area contributed by atoms with Gasteiger partial charge in [0, 0.05) is 22.0 Å². The molecular weight excluding hydrogens is 376 g/mol. The summed E-state index contributed by atoms with van der Waals surface area (Å²) in [7, 11) is 3.75. The molecule has 1 amide bonds. The van der Waals surface area contributed by atoms with E-state index in [1.807, 2.05) is 25.1 Å². The lowest BCUT2D eigenvalue weighted by atomic mass is 10.1. The van der Waals surface area contributed by atoms with E-state index in [2.05, 4.69) is 37.2 Å². The first-order valence-electron chi connectivity index (χ1n) is 5.82. The molecule has 19 heavy (non-hydrogen) atoms. The van der Waals surface area contributed by atoms with Crippen LogP contribution in [0.15, 0.2) is 27.1 Å². The molecule has 0 aromatic heterocycles. The van der Waals surface area contributed by atoms with Gasteiger partial charge < -0.3 is 15.3 Å². The summed E-state index contributed by atoms with van der Waals surface area (Å²) in [5, 5.41) is 12.9. The van der Waals surface area contributed by atoms with Crippen molar-refractivity contribution in [3.8, 4) is 0 Å². The Kier molecular flexibility index (Phi) is 5.98. The fourth-order valence-corrected chi connectivity index (χ4v) is 2.56. The van der Waals surface area contributed by atoms with Gasteiger partial charge in [-0.1, -0.05) is 15.9 Å². The number of carbonyl (C=O) groups is 1. The number of likely N-dealkylation sites (N-methyl/N-ethyl adjacent to an activating group) is 1. The third-order valence-corrected chi connectivity index (χ3v) is 3.64. The van der Waals surface area contributed by atoms with Gasteiger partial charge in [0.15, 0.2) is 0 Å². The van der Waals surface area contributed by atoms with Crippen molar-refractivity contribution in [2.75, 3.05) is 27.2 Å². The normalized spacial score (nSPS) is 14.3.